The van der Waals surface area contributed by atoms with Gasteiger partial charge in [0.2, 0.25) is 0 Å². The number of hydrogen-bond acceptors (Lipinski definition) is 7. The summed E-state index contributed by atoms with van der Waals surface area (Å²) in [6, 6.07) is 8.99. The van der Waals surface area contributed by atoms with Gasteiger partial charge in [0.25, 0.3) is 11.7 Å². The third-order valence-electron chi connectivity index (χ3n) is 5.56. The molecule has 0 spiro atoms. The van der Waals surface area contributed by atoms with Crippen LogP contribution in [-0.2, 0) is 9.59 Å². The fraction of sp³-hybridized carbons (Fsp3) is 0.360. The first-order valence-electron chi connectivity index (χ1n) is 10.9. The average Bonchev–Trinajstić information content (AvgIpc) is 3.10. The van der Waals surface area contributed by atoms with E-state index < -0.39 is 23.5 Å². The Morgan fingerprint density at radius 2 is 1.85 bits per heavy atom. The Morgan fingerprint density at radius 3 is 2.50 bits per heavy atom. The topological polar surface area (TPSA) is 106 Å². The van der Waals surface area contributed by atoms with Crippen molar-refractivity contribution in [1.82, 2.24) is 4.90 Å². The van der Waals surface area contributed by atoms with Crippen LogP contribution in [0.3, 0.4) is 0 Å². The second-order valence-corrected chi connectivity index (χ2v) is 8.08. The molecule has 2 aromatic carbocycles. The van der Waals surface area contributed by atoms with Crippen LogP contribution in [0.25, 0.3) is 5.76 Å². The number of methoxy groups -OCH3 is 2. The second kappa shape index (κ2) is 11.3. The van der Waals surface area contributed by atoms with Crippen molar-refractivity contribution in [1.29, 1.82) is 0 Å². The minimum absolute atomic E-state index is 0.0695. The lowest BCUT2D eigenvalue weighted by Crippen LogP contribution is -2.30. The van der Waals surface area contributed by atoms with E-state index in [9.17, 15) is 14.7 Å². The molecule has 2 aromatic rings. The molecule has 1 aliphatic heterocycles. The molecule has 1 aliphatic rings. The number of ether oxygens (including phenoxy) is 3. The quantitative estimate of drug-likeness (QED) is 0.296. The van der Waals surface area contributed by atoms with E-state index in [0.717, 1.165) is 6.42 Å². The monoisotopic (exact) mass is 489 g/mol. The van der Waals surface area contributed by atoms with Crippen molar-refractivity contribution in [2.45, 2.75) is 25.8 Å². The molecular weight excluding hydrogens is 462 g/mol. The van der Waals surface area contributed by atoms with E-state index >= 15 is 0 Å². The van der Waals surface area contributed by atoms with Gasteiger partial charge in [0, 0.05) is 12.6 Å². The molecule has 0 aliphatic carbocycles. The molecule has 8 nitrogen and oxygen atoms in total. The summed E-state index contributed by atoms with van der Waals surface area (Å²) >= 11 is 6.28. The number of aliphatic hydroxyl groups is 2. The van der Waals surface area contributed by atoms with Crippen LogP contribution in [-0.4, -0.2) is 60.8 Å². The molecule has 9 heteroatoms. The molecule has 0 saturated carbocycles. The zero-order chi connectivity index (χ0) is 24.8. The normalized spacial score (nSPS) is 17.2. The highest BCUT2D eigenvalue weighted by atomic mass is 35.5. The zero-order valence-corrected chi connectivity index (χ0v) is 20.1. The SMILES string of the molecule is CCCCN1C(=O)C(=O)/C(=C(/O)c2cc(Cl)c(OC)cc2OC)C1c1cccc(OCCO)c1. The number of likely N-dealkylation sites (tertiary alicyclic amines) is 1. The molecule has 0 radical (unpaired) electrons. The maximum absolute atomic E-state index is 13.2. The molecule has 0 aromatic heterocycles. The minimum atomic E-state index is -0.838. The molecule has 1 amide bonds. The predicted octanol–water partition coefficient (Wildman–Crippen LogP) is 3.95. The number of nitrogens with zero attached hydrogens (tertiary/aromatic N) is 1. The highest BCUT2D eigenvalue weighted by Gasteiger charge is 2.46. The molecule has 0 bridgehead atoms. The number of carbonyl (C=O) groups excluding carboxylic acids is 2. The van der Waals surface area contributed by atoms with Crippen molar-refractivity contribution < 1.29 is 34.0 Å². The summed E-state index contributed by atoms with van der Waals surface area (Å²) < 4.78 is 16.1. The van der Waals surface area contributed by atoms with Gasteiger partial charge in [-0.05, 0) is 30.2 Å². The summed E-state index contributed by atoms with van der Waals surface area (Å²) in [4.78, 5) is 27.6. The summed E-state index contributed by atoms with van der Waals surface area (Å²) in [6.07, 6.45) is 1.50. The van der Waals surface area contributed by atoms with E-state index in [1.54, 1.807) is 24.3 Å². The van der Waals surface area contributed by atoms with Crippen molar-refractivity contribution in [2.24, 2.45) is 0 Å². The number of halogens is 1. The molecule has 3 rings (SSSR count). The van der Waals surface area contributed by atoms with Gasteiger partial charge in [-0.1, -0.05) is 37.1 Å². The van der Waals surface area contributed by atoms with E-state index in [2.05, 4.69) is 0 Å². The lowest BCUT2D eigenvalue weighted by Gasteiger charge is -2.25. The van der Waals surface area contributed by atoms with Crippen LogP contribution in [0.5, 0.6) is 17.2 Å². The fourth-order valence-electron chi connectivity index (χ4n) is 3.91. The molecule has 182 valence electrons. The van der Waals surface area contributed by atoms with Crippen LogP contribution >= 0.6 is 11.6 Å². The van der Waals surface area contributed by atoms with Crippen LogP contribution in [0, 0.1) is 0 Å². The molecule has 1 unspecified atom stereocenters. The molecule has 1 heterocycles. The van der Waals surface area contributed by atoms with Gasteiger partial charge in [0.1, 0.15) is 29.6 Å². The molecule has 1 atom stereocenters. The number of hydrogen-bond donors (Lipinski definition) is 2. The Hall–Kier alpha value is -3.23. The Morgan fingerprint density at radius 1 is 1.12 bits per heavy atom. The Bertz CT molecular complexity index is 1100. The van der Waals surface area contributed by atoms with Gasteiger partial charge >= 0.3 is 0 Å². The largest absolute Gasteiger partial charge is 0.507 e. The lowest BCUT2D eigenvalue weighted by atomic mass is 9.94. The summed E-state index contributed by atoms with van der Waals surface area (Å²) in [5.74, 6) is -0.848. The third-order valence-corrected chi connectivity index (χ3v) is 5.85. The first kappa shape index (κ1) is 25.4. The number of aliphatic hydroxyl groups excluding tert-OH is 2. The van der Waals surface area contributed by atoms with Crippen LogP contribution in [0.1, 0.15) is 36.9 Å². The number of rotatable bonds is 10. The number of carbonyl (C=O) groups is 2. The van der Waals surface area contributed by atoms with Crippen LogP contribution in [0.4, 0.5) is 0 Å². The molecular formula is C25H28ClNO7. The van der Waals surface area contributed by atoms with Gasteiger partial charge in [-0.15, -0.1) is 0 Å². The van der Waals surface area contributed by atoms with E-state index in [4.69, 9.17) is 30.9 Å². The van der Waals surface area contributed by atoms with E-state index in [0.29, 0.717) is 30.0 Å². The number of Topliss-reactive ketones (excluding diaryl/α,β-unsaturated/α-hetero) is 1. The Labute approximate surface area is 203 Å². The molecule has 1 saturated heterocycles. The van der Waals surface area contributed by atoms with Gasteiger partial charge in [0.15, 0.2) is 0 Å². The number of ketones is 1. The molecule has 34 heavy (non-hydrogen) atoms. The van der Waals surface area contributed by atoms with Crippen molar-refractivity contribution in [3.63, 3.8) is 0 Å². The number of unbranched alkanes of at least 4 members (excludes halogenated alkanes) is 1. The van der Waals surface area contributed by atoms with Crippen LogP contribution < -0.4 is 14.2 Å². The highest BCUT2D eigenvalue weighted by molar-refractivity contribution is 6.46. The zero-order valence-electron chi connectivity index (χ0n) is 19.3. The second-order valence-electron chi connectivity index (χ2n) is 7.68. The van der Waals surface area contributed by atoms with Gasteiger partial charge in [-0.3, -0.25) is 9.59 Å². The maximum atomic E-state index is 13.2. The Kier molecular flexibility index (Phi) is 8.41. The first-order chi connectivity index (χ1) is 16.4. The minimum Gasteiger partial charge on any atom is -0.507 e. The summed E-state index contributed by atoms with van der Waals surface area (Å²) in [5.41, 5.74) is 0.685. The number of amides is 1. The number of benzene rings is 2. The van der Waals surface area contributed by atoms with E-state index in [1.165, 1.54) is 31.3 Å². The van der Waals surface area contributed by atoms with Gasteiger partial charge < -0.3 is 29.3 Å². The summed E-state index contributed by atoms with van der Waals surface area (Å²) in [6.45, 7) is 2.27. The van der Waals surface area contributed by atoms with E-state index in [1.807, 2.05) is 6.92 Å². The third kappa shape index (κ3) is 4.98. The average molecular weight is 490 g/mol. The van der Waals surface area contributed by atoms with Crippen LogP contribution in [0.15, 0.2) is 42.0 Å². The standard InChI is InChI=1S/C25H28ClNO7/c1-4-5-9-27-22(15-7-6-8-16(12-15)34-11-10-28)21(24(30)25(27)31)23(29)17-13-18(26)20(33-3)14-19(17)32-2/h6-8,12-14,22,28-29H,4-5,9-11H2,1-3H3/b23-21+. The van der Waals surface area contributed by atoms with Crippen molar-refractivity contribution >= 4 is 29.1 Å². The van der Waals surface area contributed by atoms with Crippen molar-refractivity contribution in [2.75, 3.05) is 34.0 Å². The molecule has 2 N–H and O–H groups in total. The van der Waals surface area contributed by atoms with Gasteiger partial charge in [-0.25, -0.2) is 0 Å². The van der Waals surface area contributed by atoms with Crippen LogP contribution in [0.2, 0.25) is 5.02 Å². The first-order valence-corrected chi connectivity index (χ1v) is 11.3. The predicted molar refractivity (Wildman–Crippen MR) is 127 cm³/mol. The van der Waals surface area contributed by atoms with Crippen molar-refractivity contribution in [3.05, 3.63) is 58.1 Å². The lowest BCUT2D eigenvalue weighted by molar-refractivity contribution is -0.139. The molecule has 1 fully saturated rings. The smallest absolute Gasteiger partial charge is 0.295 e. The van der Waals surface area contributed by atoms with Gasteiger partial charge in [-0.2, -0.15) is 0 Å². The fourth-order valence-corrected chi connectivity index (χ4v) is 4.15. The van der Waals surface area contributed by atoms with Gasteiger partial charge in [0.05, 0.1) is 43.0 Å². The summed E-state index contributed by atoms with van der Waals surface area (Å²) in [5, 5.41) is 20.6. The highest BCUT2D eigenvalue weighted by Crippen LogP contribution is 2.43. The van der Waals surface area contributed by atoms with Crippen molar-refractivity contribution in [3.8, 4) is 17.2 Å². The summed E-state index contributed by atoms with van der Waals surface area (Å²) in [7, 11) is 2.87. The van der Waals surface area contributed by atoms with E-state index in [-0.39, 0.29) is 35.1 Å². The maximum Gasteiger partial charge on any atom is 0.295 e. The Balaban J connectivity index is 2.21.